The number of amides is 3. The highest BCUT2D eigenvalue weighted by Gasteiger charge is 2.24. The van der Waals surface area contributed by atoms with Crippen molar-refractivity contribution in [3.8, 4) is 0 Å². The van der Waals surface area contributed by atoms with Gasteiger partial charge >= 0.3 is 11.9 Å². The molecule has 0 aromatic heterocycles. The molecule has 0 bridgehead atoms. The van der Waals surface area contributed by atoms with Crippen molar-refractivity contribution < 1.29 is 34.2 Å². The number of aliphatic carboxylic acids is 2. The molecule has 0 aliphatic heterocycles. The molecule has 12 heteroatoms. The quantitative estimate of drug-likeness (QED) is 0.152. The van der Waals surface area contributed by atoms with Crippen molar-refractivity contribution in [3.63, 3.8) is 0 Å². The molecular weight excluding hydrogens is 374 g/mol. The summed E-state index contributed by atoms with van der Waals surface area (Å²) in [6, 6.07) is -3.20. The third kappa shape index (κ3) is 11.1. The van der Waals surface area contributed by atoms with Gasteiger partial charge in [-0.2, -0.15) is 0 Å². The number of rotatable bonds is 14. The molecule has 0 saturated heterocycles. The fourth-order valence-corrected chi connectivity index (χ4v) is 2.10. The molecule has 0 fully saturated rings. The van der Waals surface area contributed by atoms with Gasteiger partial charge in [-0.3, -0.25) is 24.0 Å². The summed E-state index contributed by atoms with van der Waals surface area (Å²) in [5.74, 6) is -4.34. The molecule has 9 N–H and O–H groups in total. The zero-order chi connectivity index (χ0) is 21.7. The van der Waals surface area contributed by atoms with Crippen LogP contribution in [0.3, 0.4) is 0 Å². The van der Waals surface area contributed by atoms with Crippen LogP contribution < -0.4 is 27.4 Å². The zero-order valence-electron chi connectivity index (χ0n) is 15.8. The largest absolute Gasteiger partial charge is 0.481 e. The maximum absolute atomic E-state index is 12.3. The van der Waals surface area contributed by atoms with Crippen molar-refractivity contribution in [2.75, 3.05) is 13.1 Å². The minimum atomic E-state index is -1.22. The first-order valence-electron chi connectivity index (χ1n) is 8.86. The molecule has 0 aromatic rings. The van der Waals surface area contributed by atoms with E-state index in [0.29, 0.717) is 19.4 Å². The molecule has 3 atom stereocenters. The Balaban J connectivity index is 4.72. The molecule has 0 spiro atoms. The van der Waals surface area contributed by atoms with E-state index in [1.807, 2.05) is 0 Å². The van der Waals surface area contributed by atoms with Crippen LogP contribution in [0.15, 0.2) is 0 Å². The predicted octanol–water partition coefficient (Wildman–Crippen LogP) is -2.50. The van der Waals surface area contributed by atoms with Crippen LogP contribution in [0.1, 0.15) is 39.0 Å². The molecular formula is C16H29N5O7. The van der Waals surface area contributed by atoms with Crippen molar-refractivity contribution in [1.29, 1.82) is 0 Å². The Morgan fingerprint density at radius 2 is 1.61 bits per heavy atom. The number of carbonyl (C=O) groups is 5. The molecule has 0 rings (SSSR count). The van der Waals surface area contributed by atoms with Crippen LogP contribution in [0.25, 0.3) is 0 Å². The average molecular weight is 403 g/mol. The Morgan fingerprint density at radius 3 is 2.14 bits per heavy atom. The summed E-state index contributed by atoms with van der Waals surface area (Å²) in [4.78, 5) is 57.3. The van der Waals surface area contributed by atoms with Crippen molar-refractivity contribution in [2.24, 2.45) is 11.5 Å². The second kappa shape index (κ2) is 13.4. The lowest BCUT2D eigenvalue weighted by Gasteiger charge is -2.20. The summed E-state index contributed by atoms with van der Waals surface area (Å²) in [5.41, 5.74) is 11.0. The van der Waals surface area contributed by atoms with Gasteiger partial charge in [-0.15, -0.1) is 0 Å². The van der Waals surface area contributed by atoms with Crippen LogP contribution in [-0.4, -0.2) is 71.1 Å². The van der Waals surface area contributed by atoms with E-state index in [1.165, 1.54) is 6.92 Å². The first kappa shape index (κ1) is 25.3. The lowest BCUT2D eigenvalue weighted by molar-refractivity contribution is -0.141. The van der Waals surface area contributed by atoms with Gasteiger partial charge in [-0.25, -0.2) is 0 Å². The Hall–Kier alpha value is -2.73. The Morgan fingerprint density at radius 1 is 0.964 bits per heavy atom. The van der Waals surface area contributed by atoms with Crippen LogP contribution in [0.2, 0.25) is 0 Å². The molecule has 0 aromatic carbocycles. The minimum Gasteiger partial charge on any atom is -0.481 e. The van der Waals surface area contributed by atoms with E-state index < -0.39 is 54.3 Å². The zero-order valence-corrected chi connectivity index (χ0v) is 15.8. The van der Waals surface area contributed by atoms with Crippen molar-refractivity contribution in [1.82, 2.24) is 16.0 Å². The second-order valence-electron chi connectivity index (χ2n) is 6.23. The van der Waals surface area contributed by atoms with Crippen molar-refractivity contribution >= 4 is 29.7 Å². The topological polar surface area (TPSA) is 214 Å². The lowest BCUT2D eigenvalue weighted by Crippen LogP contribution is -2.53. The number of carboxylic acid groups (broad SMARTS) is 2. The molecule has 0 aliphatic rings. The molecule has 3 amide bonds. The van der Waals surface area contributed by atoms with Crippen LogP contribution >= 0.6 is 0 Å². The highest BCUT2D eigenvalue weighted by Crippen LogP contribution is 2.03. The highest BCUT2D eigenvalue weighted by molar-refractivity contribution is 5.92. The fourth-order valence-electron chi connectivity index (χ4n) is 2.10. The maximum Gasteiger partial charge on any atom is 0.325 e. The van der Waals surface area contributed by atoms with Crippen molar-refractivity contribution in [3.05, 3.63) is 0 Å². The average Bonchev–Trinajstić information content (AvgIpc) is 2.62. The van der Waals surface area contributed by atoms with E-state index in [1.54, 1.807) is 0 Å². The van der Waals surface area contributed by atoms with Gasteiger partial charge < -0.3 is 37.6 Å². The second-order valence-corrected chi connectivity index (χ2v) is 6.23. The van der Waals surface area contributed by atoms with Crippen molar-refractivity contribution in [2.45, 2.75) is 57.2 Å². The summed E-state index contributed by atoms with van der Waals surface area (Å²) >= 11 is 0. The van der Waals surface area contributed by atoms with Gasteiger partial charge in [-0.1, -0.05) is 0 Å². The molecule has 28 heavy (non-hydrogen) atoms. The van der Waals surface area contributed by atoms with Gasteiger partial charge in [-0.05, 0) is 39.2 Å². The molecule has 0 radical (unpaired) electrons. The summed E-state index contributed by atoms with van der Waals surface area (Å²) in [6.45, 7) is 1.21. The maximum atomic E-state index is 12.3. The molecule has 0 saturated carbocycles. The molecule has 0 unspecified atom stereocenters. The number of hydrogen-bond acceptors (Lipinski definition) is 7. The van der Waals surface area contributed by atoms with Gasteiger partial charge in [0.1, 0.15) is 12.1 Å². The van der Waals surface area contributed by atoms with E-state index in [0.717, 1.165) is 0 Å². The molecule has 0 aliphatic carbocycles. The van der Waals surface area contributed by atoms with E-state index in [4.69, 9.17) is 21.7 Å². The predicted molar refractivity (Wildman–Crippen MR) is 97.9 cm³/mol. The van der Waals surface area contributed by atoms with Crippen LogP contribution in [0.4, 0.5) is 0 Å². The Labute approximate surface area is 162 Å². The lowest BCUT2D eigenvalue weighted by atomic mass is 10.1. The smallest absolute Gasteiger partial charge is 0.325 e. The summed E-state index contributed by atoms with van der Waals surface area (Å²) in [6.07, 6.45) is 1.00. The van der Waals surface area contributed by atoms with Gasteiger partial charge in [0, 0.05) is 6.42 Å². The Kier molecular flexibility index (Phi) is 12.1. The first-order valence-corrected chi connectivity index (χ1v) is 8.86. The van der Waals surface area contributed by atoms with E-state index in [9.17, 15) is 24.0 Å². The van der Waals surface area contributed by atoms with E-state index >= 15 is 0 Å². The summed E-state index contributed by atoms with van der Waals surface area (Å²) < 4.78 is 0. The third-order valence-corrected chi connectivity index (χ3v) is 3.76. The fraction of sp³-hybridized carbons (Fsp3) is 0.688. The number of carboxylic acids is 2. The summed E-state index contributed by atoms with van der Waals surface area (Å²) in [7, 11) is 0. The normalized spacial score (nSPS) is 13.7. The van der Waals surface area contributed by atoms with Crippen LogP contribution in [-0.2, 0) is 24.0 Å². The van der Waals surface area contributed by atoms with E-state index in [-0.39, 0.29) is 19.3 Å². The monoisotopic (exact) mass is 403 g/mol. The molecule has 12 nitrogen and oxygen atoms in total. The van der Waals surface area contributed by atoms with Crippen LogP contribution in [0.5, 0.6) is 0 Å². The first-order chi connectivity index (χ1) is 13.1. The third-order valence-electron chi connectivity index (χ3n) is 3.76. The standard InChI is InChI=1S/C16H29N5O7/c1-9(16(27)28)20-12(22)8-19-15(26)11(4-2-3-7-17)21-14(25)10(18)5-6-13(23)24/h9-11H,2-8,17-18H2,1H3,(H,19,26)(H,20,22)(H,21,25)(H,23,24)(H,27,28)/t9-,10-,11-/m0/s1. The summed E-state index contributed by atoms with van der Waals surface area (Å²) in [5, 5.41) is 24.3. The van der Waals surface area contributed by atoms with Gasteiger partial charge in [0.2, 0.25) is 17.7 Å². The number of unbranched alkanes of at least 4 members (excludes halogenated alkanes) is 1. The Bertz CT molecular complexity index is 570. The molecule has 0 heterocycles. The highest BCUT2D eigenvalue weighted by atomic mass is 16.4. The number of carbonyl (C=O) groups excluding carboxylic acids is 3. The van der Waals surface area contributed by atoms with Gasteiger partial charge in [0.25, 0.3) is 0 Å². The number of hydrogen-bond donors (Lipinski definition) is 7. The number of nitrogens with one attached hydrogen (secondary N) is 3. The van der Waals surface area contributed by atoms with Gasteiger partial charge in [0.05, 0.1) is 12.6 Å². The number of nitrogens with two attached hydrogens (primary N) is 2. The van der Waals surface area contributed by atoms with Crippen LogP contribution in [0, 0.1) is 0 Å². The minimum absolute atomic E-state index is 0.0895. The SMILES string of the molecule is C[C@H](NC(=O)CNC(=O)[C@H](CCCCN)NC(=O)[C@@H](N)CCC(=O)O)C(=O)O. The van der Waals surface area contributed by atoms with Gasteiger partial charge in [0.15, 0.2) is 0 Å². The molecule has 160 valence electrons. The van der Waals surface area contributed by atoms with E-state index in [2.05, 4.69) is 16.0 Å².